The van der Waals surface area contributed by atoms with Crippen LogP contribution < -0.4 is 0 Å². The second-order valence-corrected chi connectivity index (χ2v) is 6.83. The molecule has 0 aliphatic heterocycles. The first-order valence-corrected chi connectivity index (χ1v) is 8.68. The van der Waals surface area contributed by atoms with Crippen LogP contribution in [0.1, 0.15) is 16.7 Å². The number of rotatable bonds is 4. The molecular formula is C21H20F3N3O. The Labute approximate surface area is 161 Å². The van der Waals surface area contributed by atoms with Gasteiger partial charge >= 0.3 is 6.18 Å². The number of nitrogens with zero attached hydrogens (tertiary/aromatic N) is 3. The number of halogens is 3. The Morgan fingerprint density at radius 2 is 1.79 bits per heavy atom. The second-order valence-electron chi connectivity index (χ2n) is 6.83. The summed E-state index contributed by atoms with van der Waals surface area (Å²) in [4.78, 5) is 13.7. The van der Waals surface area contributed by atoms with Crippen LogP contribution >= 0.6 is 0 Å². The molecule has 1 heterocycles. The molecule has 146 valence electrons. The number of hydrogen-bond acceptors (Lipinski definition) is 2. The molecule has 1 amide bonds. The van der Waals surface area contributed by atoms with Gasteiger partial charge in [-0.3, -0.25) is 4.79 Å². The van der Waals surface area contributed by atoms with Crippen LogP contribution in [0.5, 0.6) is 0 Å². The molecule has 0 unspecified atom stereocenters. The Morgan fingerprint density at radius 3 is 2.39 bits per heavy atom. The number of amides is 1. The molecule has 0 N–H and O–H groups in total. The van der Waals surface area contributed by atoms with Gasteiger partial charge in [-0.05, 0) is 25.1 Å². The molecule has 28 heavy (non-hydrogen) atoms. The van der Waals surface area contributed by atoms with E-state index in [2.05, 4.69) is 5.10 Å². The van der Waals surface area contributed by atoms with Crippen LogP contribution in [0.4, 0.5) is 13.2 Å². The van der Waals surface area contributed by atoms with Crippen molar-refractivity contribution in [3.05, 3.63) is 71.4 Å². The number of benzene rings is 2. The number of aryl methyl sites for hydroxylation is 1. The van der Waals surface area contributed by atoms with Crippen molar-refractivity contribution < 1.29 is 18.0 Å². The van der Waals surface area contributed by atoms with E-state index < -0.39 is 11.7 Å². The molecule has 0 aliphatic carbocycles. The number of carbonyl (C=O) groups excluding carboxylic acids is 1. The van der Waals surface area contributed by atoms with E-state index in [9.17, 15) is 18.0 Å². The monoisotopic (exact) mass is 387 g/mol. The molecule has 0 saturated carbocycles. The summed E-state index contributed by atoms with van der Waals surface area (Å²) in [5, 5.41) is 4.49. The molecule has 3 aromatic rings. The highest BCUT2D eigenvalue weighted by Gasteiger charge is 2.30. The van der Waals surface area contributed by atoms with Gasteiger partial charge in [0.2, 0.25) is 5.91 Å². The van der Waals surface area contributed by atoms with Gasteiger partial charge in [-0.1, -0.05) is 35.9 Å². The smallest absolute Gasteiger partial charge is 0.349 e. The fourth-order valence-corrected chi connectivity index (χ4v) is 2.77. The van der Waals surface area contributed by atoms with Gasteiger partial charge in [0.15, 0.2) is 0 Å². The third kappa shape index (κ3) is 4.24. The fraction of sp³-hybridized carbons (Fsp3) is 0.238. The van der Waals surface area contributed by atoms with Gasteiger partial charge in [-0.15, -0.1) is 0 Å². The third-order valence-corrected chi connectivity index (χ3v) is 4.39. The van der Waals surface area contributed by atoms with Crippen LogP contribution in [0.3, 0.4) is 0 Å². The first-order chi connectivity index (χ1) is 13.1. The summed E-state index contributed by atoms with van der Waals surface area (Å²) in [6.07, 6.45) is -2.71. The molecule has 0 aliphatic rings. The number of alkyl halides is 3. The van der Waals surface area contributed by atoms with Crippen molar-refractivity contribution in [2.45, 2.75) is 19.5 Å². The molecule has 7 heteroatoms. The Bertz CT molecular complexity index is 989. The summed E-state index contributed by atoms with van der Waals surface area (Å²) in [5.74, 6) is -0.114. The molecule has 0 spiro atoms. The van der Waals surface area contributed by atoms with E-state index in [1.807, 2.05) is 31.2 Å². The van der Waals surface area contributed by atoms with E-state index in [1.54, 1.807) is 26.4 Å². The highest BCUT2D eigenvalue weighted by atomic mass is 19.4. The van der Waals surface area contributed by atoms with Crippen molar-refractivity contribution in [1.29, 1.82) is 0 Å². The highest BCUT2D eigenvalue weighted by molar-refractivity contribution is 5.81. The van der Waals surface area contributed by atoms with Crippen molar-refractivity contribution in [2.24, 2.45) is 0 Å². The normalized spacial score (nSPS) is 11.5. The minimum atomic E-state index is -4.44. The Hall–Kier alpha value is -3.09. The van der Waals surface area contributed by atoms with Crippen molar-refractivity contribution in [1.82, 2.24) is 14.7 Å². The van der Waals surface area contributed by atoms with E-state index >= 15 is 0 Å². The minimum absolute atomic E-state index is 0.106. The van der Waals surface area contributed by atoms with Crippen LogP contribution in [0.15, 0.2) is 54.7 Å². The van der Waals surface area contributed by atoms with Crippen LogP contribution in [0, 0.1) is 6.92 Å². The van der Waals surface area contributed by atoms with Gasteiger partial charge in [0.1, 0.15) is 0 Å². The highest BCUT2D eigenvalue weighted by Crippen LogP contribution is 2.31. The van der Waals surface area contributed by atoms with Gasteiger partial charge < -0.3 is 4.90 Å². The second kappa shape index (κ2) is 7.50. The Kier molecular flexibility index (Phi) is 5.27. The van der Waals surface area contributed by atoms with Crippen LogP contribution in [0.2, 0.25) is 0 Å². The Morgan fingerprint density at radius 1 is 1.11 bits per heavy atom. The fourth-order valence-electron chi connectivity index (χ4n) is 2.77. The van der Waals surface area contributed by atoms with Crippen LogP contribution in [-0.4, -0.2) is 34.7 Å². The van der Waals surface area contributed by atoms with Gasteiger partial charge in [-0.2, -0.15) is 18.3 Å². The summed E-state index contributed by atoms with van der Waals surface area (Å²) in [6.45, 7) is 1.96. The summed E-state index contributed by atoms with van der Waals surface area (Å²) in [5.41, 5.74) is 2.65. The lowest BCUT2D eigenvalue weighted by atomic mass is 10.0. The average Bonchev–Trinajstić information content (AvgIpc) is 3.05. The average molecular weight is 387 g/mol. The number of hydrogen-bond donors (Lipinski definition) is 0. The molecular weight excluding hydrogens is 367 g/mol. The summed E-state index contributed by atoms with van der Waals surface area (Å²) >= 11 is 0. The largest absolute Gasteiger partial charge is 0.416 e. The predicted octanol–water partition coefficient (Wildman–Crippen LogP) is 4.50. The molecule has 0 saturated heterocycles. The molecule has 0 radical (unpaired) electrons. The van der Waals surface area contributed by atoms with Gasteiger partial charge in [0.25, 0.3) is 0 Å². The molecule has 0 bridgehead atoms. The predicted molar refractivity (Wildman–Crippen MR) is 101 cm³/mol. The number of carbonyl (C=O) groups is 1. The summed E-state index contributed by atoms with van der Waals surface area (Å²) in [6, 6.07) is 12.6. The molecule has 1 aromatic heterocycles. The van der Waals surface area contributed by atoms with E-state index in [0.29, 0.717) is 11.3 Å². The van der Waals surface area contributed by atoms with Crippen molar-refractivity contribution in [2.75, 3.05) is 14.1 Å². The molecule has 4 nitrogen and oxygen atoms in total. The van der Waals surface area contributed by atoms with Crippen molar-refractivity contribution in [3.8, 4) is 16.9 Å². The van der Waals surface area contributed by atoms with Gasteiger partial charge in [-0.25, -0.2) is 4.68 Å². The first-order valence-electron chi connectivity index (χ1n) is 8.68. The zero-order valence-corrected chi connectivity index (χ0v) is 15.8. The first kappa shape index (κ1) is 19.7. The van der Waals surface area contributed by atoms with Crippen molar-refractivity contribution >= 4 is 5.91 Å². The SMILES string of the molecule is Cc1ccc(-c2nn(-c3cccc(C(F)(F)F)c3)cc2CC(=O)N(C)C)cc1. The van der Waals surface area contributed by atoms with Crippen LogP contribution in [0.25, 0.3) is 16.9 Å². The Balaban J connectivity index is 2.08. The third-order valence-electron chi connectivity index (χ3n) is 4.39. The maximum absolute atomic E-state index is 13.1. The maximum atomic E-state index is 13.1. The quantitative estimate of drug-likeness (QED) is 0.661. The summed E-state index contributed by atoms with van der Waals surface area (Å²) in [7, 11) is 3.32. The van der Waals surface area contributed by atoms with Crippen LogP contribution in [-0.2, 0) is 17.4 Å². The zero-order valence-electron chi connectivity index (χ0n) is 15.8. The van der Waals surface area contributed by atoms with E-state index in [1.165, 1.54) is 15.6 Å². The topological polar surface area (TPSA) is 38.1 Å². The lowest BCUT2D eigenvalue weighted by Gasteiger charge is -2.09. The van der Waals surface area contributed by atoms with Gasteiger partial charge in [0.05, 0.1) is 23.4 Å². The lowest BCUT2D eigenvalue weighted by molar-refractivity contribution is -0.137. The minimum Gasteiger partial charge on any atom is -0.349 e. The maximum Gasteiger partial charge on any atom is 0.416 e. The molecule has 3 rings (SSSR count). The van der Waals surface area contributed by atoms with Gasteiger partial charge in [0, 0.05) is 31.4 Å². The van der Waals surface area contributed by atoms with E-state index in [0.717, 1.165) is 23.3 Å². The molecule has 2 aromatic carbocycles. The van der Waals surface area contributed by atoms with E-state index in [-0.39, 0.29) is 18.0 Å². The zero-order chi connectivity index (χ0) is 20.5. The number of aromatic nitrogens is 2. The van der Waals surface area contributed by atoms with Crippen molar-refractivity contribution in [3.63, 3.8) is 0 Å². The van der Waals surface area contributed by atoms with E-state index in [4.69, 9.17) is 0 Å². The lowest BCUT2D eigenvalue weighted by Crippen LogP contribution is -2.23. The number of likely N-dealkylation sites (N-methyl/N-ethyl adjacent to an activating group) is 1. The summed E-state index contributed by atoms with van der Waals surface area (Å²) < 4.78 is 40.5. The molecule has 0 atom stereocenters. The molecule has 0 fully saturated rings. The standard InChI is InChI=1S/C21H20F3N3O/c1-14-7-9-15(10-8-14)20-16(11-19(28)26(2)3)13-27(25-20)18-6-4-5-17(12-18)21(22,23)24/h4-10,12-13H,11H2,1-3H3.